The molecular formula is C25H32N2O3. The molecule has 0 aromatic heterocycles. The van der Waals surface area contributed by atoms with Gasteiger partial charge in [0.1, 0.15) is 0 Å². The lowest BCUT2D eigenvalue weighted by Gasteiger charge is -2.36. The minimum Gasteiger partial charge on any atom is -0.373 e. The summed E-state index contributed by atoms with van der Waals surface area (Å²) in [6, 6.07) is 17.5. The van der Waals surface area contributed by atoms with Gasteiger partial charge in [-0.05, 0) is 30.0 Å². The van der Waals surface area contributed by atoms with E-state index in [1.54, 1.807) is 0 Å². The molecule has 1 aliphatic rings. The number of ether oxygens (including phenoxy) is 1. The molecule has 1 fully saturated rings. The van der Waals surface area contributed by atoms with Crippen LogP contribution in [0, 0.1) is 12.8 Å². The second kappa shape index (κ2) is 10.4. The van der Waals surface area contributed by atoms with Crippen molar-refractivity contribution in [3.8, 4) is 0 Å². The molecule has 30 heavy (non-hydrogen) atoms. The van der Waals surface area contributed by atoms with E-state index in [-0.39, 0.29) is 17.9 Å². The molecule has 1 saturated heterocycles. The molecule has 2 amide bonds. The van der Waals surface area contributed by atoms with Crippen molar-refractivity contribution in [2.75, 3.05) is 32.8 Å². The largest absolute Gasteiger partial charge is 0.373 e. The van der Waals surface area contributed by atoms with Crippen molar-refractivity contribution in [2.24, 2.45) is 5.92 Å². The van der Waals surface area contributed by atoms with Crippen LogP contribution >= 0.6 is 0 Å². The zero-order chi connectivity index (χ0) is 21.5. The van der Waals surface area contributed by atoms with E-state index in [2.05, 4.69) is 13.8 Å². The maximum atomic E-state index is 13.0. The highest BCUT2D eigenvalue weighted by molar-refractivity contribution is 5.95. The molecule has 0 saturated carbocycles. The summed E-state index contributed by atoms with van der Waals surface area (Å²) in [7, 11) is 0. The molecule has 0 N–H and O–H groups in total. The van der Waals surface area contributed by atoms with Crippen LogP contribution < -0.4 is 0 Å². The molecule has 1 aliphatic heterocycles. The lowest BCUT2D eigenvalue weighted by atomic mass is 10.1. The van der Waals surface area contributed by atoms with Crippen molar-refractivity contribution >= 4 is 11.8 Å². The second-order valence-corrected chi connectivity index (χ2v) is 8.41. The van der Waals surface area contributed by atoms with E-state index in [4.69, 9.17) is 4.74 Å². The van der Waals surface area contributed by atoms with Gasteiger partial charge in [-0.25, -0.2) is 0 Å². The Bertz CT molecular complexity index is 850. The molecule has 0 bridgehead atoms. The van der Waals surface area contributed by atoms with E-state index in [1.807, 2.05) is 71.3 Å². The average molecular weight is 409 g/mol. The average Bonchev–Trinajstić information content (AvgIpc) is 2.74. The number of benzene rings is 2. The molecule has 2 aromatic carbocycles. The molecule has 0 aliphatic carbocycles. The van der Waals surface area contributed by atoms with Crippen LogP contribution in [0.4, 0.5) is 0 Å². The summed E-state index contributed by atoms with van der Waals surface area (Å²) in [4.78, 5) is 29.7. The minimum atomic E-state index is -0.176. The molecule has 2 aromatic rings. The minimum absolute atomic E-state index is 0.0346. The summed E-state index contributed by atoms with van der Waals surface area (Å²) in [5.74, 6) is 0.492. The molecule has 5 heteroatoms. The number of carbonyl (C=O) groups excluding carboxylic acids is 2. The van der Waals surface area contributed by atoms with Crippen molar-refractivity contribution in [1.29, 1.82) is 0 Å². The van der Waals surface area contributed by atoms with Gasteiger partial charge < -0.3 is 14.5 Å². The van der Waals surface area contributed by atoms with Crippen LogP contribution in [0.15, 0.2) is 54.6 Å². The molecule has 0 spiro atoms. The van der Waals surface area contributed by atoms with Gasteiger partial charge in [0.2, 0.25) is 5.91 Å². The summed E-state index contributed by atoms with van der Waals surface area (Å²) in [5, 5.41) is 0. The standard InChI is InChI=1S/C25H32N2O3/c1-19(2)16-27(24(28)15-21-10-5-4-6-11-21)18-22-17-26(13-14-30-22)25(29)23-12-8-7-9-20(23)3/h4-12,19,22H,13-18H2,1-3H3. The third-order valence-electron chi connectivity index (χ3n) is 5.36. The van der Waals surface area contributed by atoms with Crippen LogP contribution in [0.5, 0.6) is 0 Å². The van der Waals surface area contributed by atoms with Gasteiger partial charge in [0.05, 0.1) is 19.1 Å². The fourth-order valence-electron chi connectivity index (χ4n) is 3.84. The van der Waals surface area contributed by atoms with Gasteiger partial charge in [0, 0.05) is 31.7 Å². The summed E-state index contributed by atoms with van der Waals surface area (Å²) < 4.78 is 5.95. The van der Waals surface area contributed by atoms with E-state index in [9.17, 15) is 9.59 Å². The van der Waals surface area contributed by atoms with E-state index in [1.165, 1.54) is 0 Å². The highest BCUT2D eigenvalue weighted by Crippen LogP contribution is 2.16. The third-order valence-corrected chi connectivity index (χ3v) is 5.36. The Morgan fingerprint density at radius 1 is 1.10 bits per heavy atom. The summed E-state index contributed by atoms with van der Waals surface area (Å²) >= 11 is 0. The fraction of sp³-hybridized carbons (Fsp3) is 0.440. The maximum absolute atomic E-state index is 13.0. The van der Waals surface area contributed by atoms with Gasteiger partial charge in [0.25, 0.3) is 5.91 Å². The highest BCUT2D eigenvalue weighted by Gasteiger charge is 2.28. The molecule has 1 heterocycles. The smallest absolute Gasteiger partial charge is 0.254 e. The van der Waals surface area contributed by atoms with Crippen LogP contribution in [-0.2, 0) is 16.0 Å². The highest BCUT2D eigenvalue weighted by atomic mass is 16.5. The molecule has 1 atom stereocenters. The van der Waals surface area contributed by atoms with Crippen LogP contribution in [0.2, 0.25) is 0 Å². The number of nitrogens with zero attached hydrogens (tertiary/aromatic N) is 2. The van der Waals surface area contributed by atoms with E-state index >= 15 is 0 Å². The molecule has 3 rings (SSSR count). The molecule has 0 radical (unpaired) electrons. The van der Waals surface area contributed by atoms with Crippen molar-refractivity contribution in [2.45, 2.75) is 33.3 Å². The number of rotatable bonds is 7. The Morgan fingerprint density at radius 3 is 2.50 bits per heavy atom. The SMILES string of the molecule is Cc1ccccc1C(=O)N1CCOC(CN(CC(C)C)C(=O)Cc2ccccc2)C1. The topological polar surface area (TPSA) is 49.9 Å². The lowest BCUT2D eigenvalue weighted by Crippen LogP contribution is -2.51. The van der Waals surface area contributed by atoms with Gasteiger partial charge in [-0.3, -0.25) is 9.59 Å². The van der Waals surface area contributed by atoms with Crippen molar-refractivity contribution in [3.63, 3.8) is 0 Å². The predicted molar refractivity (Wildman–Crippen MR) is 118 cm³/mol. The van der Waals surface area contributed by atoms with Gasteiger partial charge in [-0.15, -0.1) is 0 Å². The first kappa shape index (κ1) is 22.0. The Balaban J connectivity index is 1.66. The van der Waals surface area contributed by atoms with E-state index in [0.29, 0.717) is 45.1 Å². The van der Waals surface area contributed by atoms with Gasteiger partial charge in [-0.1, -0.05) is 62.4 Å². The summed E-state index contributed by atoms with van der Waals surface area (Å²) in [5.41, 5.74) is 2.72. The van der Waals surface area contributed by atoms with Gasteiger partial charge in [-0.2, -0.15) is 0 Å². The van der Waals surface area contributed by atoms with Crippen molar-refractivity contribution < 1.29 is 14.3 Å². The summed E-state index contributed by atoms with van der Waals surface area (Å²) in [6.07, 6.45) is 0.205. The van der Waals surface area contributed by atoms with E-state index in [0.717, 1.165) is 16.7 Å². The maximum Gasteiger partial charge on any atom is 0.254 e. The van der Waals surface area contributed by atoms with E-state index < -0.39 is 0 Å². The van der Waals surface area contributed by atoms with Crippen LogP contribution in [0.3, 0.4) is 0 Å². The Hall–Kier alpha value is -2.66. The first-order chi connectivity index (χ1) is 14.4. The van der Waals surface area contributed by atoms with Crippen molar-refractivity contribution in [1.82, 2.24) is 9.80 Å². The molecule has 160 valence electrons. The number of amides is 2. The molecular weight excluding hydrogens is 376 g/mol. The quantitative estimate of drug-likeness (QED) is 0.704. The third kappa shape index (κ3) is 5.92. The van der Waals surface area contributed by atoms with Crippen LogP contribution in [-0.4, -0.2) is 60.5 Å². The van der Waals surface area contributed by atoms with Gasteiger partial charge in [0.15, 0.2) is 0 Å². The molecule has 5 nitrogen and oxygen atoms in total. The first-order valence-electron chi connectivity index (χ1n) is 10.7. The number of hydrogen-bond acceptors (Lipinski definition) is 3. The van der Waals surface area contributed by atoms with Gasteiger partial charge >= 0.3 is 0 Å². The zero-order valence-corrected chi connectivity index (χ0v) is 18.2. The number of hydrogen-bond donors (Lipinski definition) is 0. The zero-order valence-electron chi connectivity index (χ0n) is 18.2. The first-order valence-corrected chi connectivity index (χ1v) is 10.7. The molecule has 1 unspecified atom stereocenters. The van der Waals surface area contributed by atoms with Crippen LogP contribution in [0.1, 0.15) is 35.3 Å². The fourth-order valence-corrected chi connectivity index (χ4v) is 3.84. The Morgan fingerprint density at radius 2 is 1.80 bits per heavy atom. The monoisotopic (exact) mass is 408 g/mol. The Kier molecular flexibility index (Phi) is 7.63. The normalized spacial score (nSPS) is 16.5. The number of morpholine rings is 1. The van der Waals surface area contributed by atoms with Crippen molar-refractivity contribution in [3.05, 3.63) is 71.3 Å². The predicted octanol–water partition coefficient (Wildman–Crippen LogP) is 3.56. The van der Waals surface area contributed by atoms with Crippen LogP contribution in [0.25, 0.3) is 0 Å². The Labute approximate surface area is 179 Å². The number of aryl methyl sites for hydroxylation is 1. The second-order valence-electron chi connectivity index (χ2n) is 8.41. The lowest BCUT2D eigenvalue weighted by molar-refractivity contribution is -0.134. The number of carbonyl (C=O) groups is 2. The summed E-state index contributed by atoms with van der Waals surface area (Å²) in [6.45, 7) is 8.92.